The van der Waals surface area contributed by atoms with Crippen LogP contribution < -0.4 is 5.32 Å². The van der Waals surface area contributed by atoms with Crippen molar-refractivity contribution in [3.05, 3.63) is 24.1 Å². The van der Waals surface area contributed by atoms with Crippen LogP contribution in [-0.2, 0) is 7.05 Å². The summed E-state index contributed by atoms with van der Waals surface area (Å²) in [4.78, 5) is 8.24. The van der Waals surface area contributed by atoms with Gasteiger partial charge in [0.1, 0.15) is 12.1 Å². The Morgan fingerprint density at radius 1 is 1.60 bits per heavy atom. The minimum atomic E-state index is 0.475. The smallest absolute Gasteiger partial charge is 0.163 e. The lowest BCUT2D eigenvalue weighted by molar-refractivity contribution is 0.785. The van der Waals surface area contributed by atoms with E-state index in [-0.39, 0.29) is 0 Å². The van der Waals surface area contributed by atoms with Crippen molar-refractivity contribution in [3.8, 4) is 0 Å². The number of nitrogens with one attached hydrogen (secondary N) is 1. The van der Waals surface area contributed by atoms with Crippen LogP contribution in [0, 0.1) is 0 Å². The maximum atomic E-state index is 5.66. The van der Waals surface area contributed by atoms with Gasteiger partial charge in [-0.2, -0.15) is 5.10 Å². The normalized spacial score (nSPS) is 10.5. The van der Waals surface area contributed by atoms with Crippen molar-refractivity contribution in [1.29, 1.82) is 0 Å². The summed E-state index contributed by atoms with van der Waals surface area (Å²) in [7, 11) is 1.83. The van der Waals surface area contributed by atoms with E-state index >= 15 is 0 Å². The Morgan fingerprint density at radius 3 is 3.13 bits per heavy atom. The Hall–Kier alpha value is -1.62. The van der Waals surface area contributed by atoms with E-state index < -0.39 is 0 Å². The second-order valence-electron chi connectivity index (χ2n) is 3.10. The maximum absolute atomic E-state index is 5.66. The fraction of sp³-hybridized carbons (Fsp3) is 0.222. The molecular weight excluding hydrogens is 214 g/mol. The Bertz CT molecular complexity index is 504. The van der Waals surface area contributed by atoms with Crippen molar-refractivity contribution in [2.75, 3.05) is 11.9 Å². The van der Waals surface area contributed by atoms with E-state index in [2.05, 4.69) is 27.0 Å². The molecule has 78 valence electrons. The predicted molar refractivity (Wildman–Crippen MR) is 59.8 cm³/mol. The molecule has 0 amide bonds. The van der Waals surface area contributed by atoms with Crippen molar-refractivity contribution in [2.45, 2.75) is 0 Å². The lowest BCUT2D eigenvalue weighted by Gasteiger charge is -2.04. The van der Waals surface area contributed by atoms with Gasteiger partial charge in [0.2, 0.25) is 0 Å². The van der Waals surface area contributed by atoms with Gasteiger partial charge in [-0.1, -0.05) is 18.2 Å². The maximum Gasteiger partial charge on any atom is 0.163 e. The highest BCUT2D eigenvalue weighted by Crippen LogP contribution is 2.17. The highest BCUT2D eigenvalue weighted by atomic mass is 35.5. The van der Waals surface area contributed by atoms with E-state index in [9.17, 15) is 0 Å². The summed E-state index contributed by atoms with van der Waals surface area (Å²) in [6, 6.07) is 0. The number of hydrogen-bond donors (Lipinski definition) is 1. The number of hydrogen-bond acceptors (Lipinski definition) is 4. The monoisotopic (exact) mass is 223 g/mol. The van der Waals surface area contributed by atoms with E-state index in [1.54, 1.807) is 10.9 Å². The van der Waals surface area contributed by atoms with Gasteiger partial charge < -0.3 is 5.32 Å². The quantitative estimate of drug-likeness (QED) is 0.858. The number of rotatable bonds is 3. The minimum Gasteiger partial charge on any atom is -0.364 e. The number of nitrogens with zero attached hydrogens (tertiary/aromatic N) is 4. The highest BCUT2D eigenvalue weighted by Gasteiger charge is 2.06. The molecule has 0 aromatic carbocycles. The van der Waals surface area contributed by atoms with Crippen LogP contribution >= 0.6 is 11.6 Å². The van der Waals surface area contributed by atoms with Gasteiger partial charge in [0, 0.05) is 12.1 Å². The van der Waals surface area contributed by atoms with Crippen molar-refractivity contribution < 1.29 is 0 Å². The van der Waals surface area contributed by atoms with E-state index in [1.807, 2.05) is 7.05 Å². The van der Waals surface area contributed by atoms with Crippen molar-refractivity contribution >= 4 is 28.5 Å². The molecule has 0 bridgehead atoms. The Morgan fingerprint density at radius 2 is 2.40 bits per heavy atom. The van der Waals surface area contributed by atoms with Crippen LogP contribution in [0.25, 0.3) is 11.0 Å². The molecule has 0 saturated heterocycles. The summed E-state index contributed by atoms with van der Waals surface area (Å²) in [6.07, 6.45) is 3.21. The molecule has 0 atom stereocenters. The fourth-order valence-corrected chi connectivity index (χ4v) is 1.35. The molecule has 0 saturated carbocycles. The molecule has 2 aromatic rings. The largest absolute Gasteiger partial charge is 0.364 e. The zero-order valence-corrected chi connectivity index (χ0v) is 8.99. The topological polar surface area (TPSA) is 55.6 Å². The molecule has 0 radical (unpaired) electrons. The van der Waals surface area contributed by atoms with Gasteiger partial charge >= 0.3 is 0 Å². The summed E-state index contributed by atoms with van der Waals surface area (Å²) >= 11 is 5.66. The fourth-order valence-electron chi connectivity index (χ4n) is 1.28. The van der Waals surface area contributed by atoms with Gasteiger partial charge in [-0.05, 0) is 0 Å². The number of anilines is 1. The molecule has 5 nitrogen and oxygen atoms in total. The molecule has 0 aliphatic heterocycles. The van der Waals surface area contributed by atoms with Crippen LogP contribution in [0.3, 0.4) is 0 Å². The molecular formula is C9H10ClN5. The minimum absolute atomic E-state index is 0.475. The predicted octanol–water partition coefficient (Wildman–Crippen LogP) is 1.53. The van der Waals surface area contributed by atoms with Crippen LogP contribution in [0.4, 0.5) is 5.82 Å². The second kappa shape index (κ2) is 3.86. The SMILES string of the molecule is C=C(Cl)CNc1ncnc2c1cnn2C. The summed E-state index contributed by atoms with van der Waals surface area (Å²) < 4.78 is 1.69. The third-order valence-corrected chi connectivity index (χ3v) is 2.11. The van der Waals surface area contributed by atoms with Gasteiger partial charge in [-0.15, -0.1) is 0 Å². The third kappa shape index (κ3) is 1.92. The highest BCUT2D eigenvalue weighted by molar-refractivity contribution is 6.29. The number of aromatic nitrogens is 4. The third-order valence-electron chi connectivity index (χ3n) is 1.98. The first-order chi connectivity index (χ1) is 7.18. The van der Waals surface area contributed by atoms with Crippen LogP contribution in [-0.4, -0.2) is 26.3 Å². The molecule has 0 fully saturated rings. The Balaban J connectivity index is 2.38. The average molecular weight is 224 g/mol. The van der Waals surface area contributed by atoms with E-state index in [4.69, 9.17) is 11.6 Å². The molecule has 0 aliphatic carbocycles. The number of fused-ring (bicyclic) bond motifs is 1. The molecule has 6 heteroatoms. The Kier molecular flexibility index (Phi) is 2.55. The molecule has 2 heterocycles. The molecule has 1 N–H and O–H groups in total. The molecule has 2 rings (SSSR count). The zero-order valence-electron chi connectivity index (χ0n) is 8.24. The first-order valence-corrected chi connectivity index (χ1v) is 4.76. The van der Waals surface area contributed by atoms with Crippen molar-refractivity contribution in [3.63, 3.8) is 0 Å². The van der Waals surface area contributed by atoms with Gasteiger partial charge in [0.25, 0.3) is 0 Å². The number of aryl methyl sites for hydroxylation is 1. The van der Waals surface area contributed by atoms with Gasteiger partial charge in [-0.3, -0.25) is 4.68 Å². The summed E-state index contributed by atoms with van der Waals surface area (Å²) in [6.45, 7) is 4.07. The summed E-state index contributed by atoms with van der Waals surface area (Å²) in [5.41, 5.74) is 0.785. The summed E-state index contributed by atoms with van der Waals surface area (Å²) in [5, 5.41) is 8.57. The van der Waals surface area contributed by atoms with Gasteiger partial charge in [0.15, 0.2) is 5.65 Å². The number of halogens is 1. The second-order valence-corrected chi connectivity index (χ2v) is 3.63. The average Bonchev–Trinajstić information content (AvgIpc) is 2.58. The molecule has 0 aliphatic rings. The van der Waals surface area contributed by atoms with Crippen molar-refractivity contribution in [1.82, 2.24) is 19.7 Å². The Labute approximate surface area is 91.8 Å². The standard InChI is InChI=1S/C9H10ClN5/c1-6(10)3-11-8-7-4-14-15(2)9(7)13-5-12-8/h4-5H,1,3H2,2H3,(H,11,12,13). The van der Waals surface area contributed by atoms with E-state index in [1.165, 1.54) is 6.33 Å². The zero-order chi connectivity index (χ0) is 10.8. The first-order valence-electron chi connectivity index (χ1n) is 4.38. The molecule has 0 spiro atoms. The van der Waals surface area contributed by atoms with Crippen LogP contribution in [0.5, 0.6) is 0 Å². The van der Waals surface area contributed by atoms with Crippen LogP contribution in [0.2, 0.25) is 0 Å². The first kappa shape index (κ1) is 9.92. The van der Waals surface area contributed by atoms with Crippen LogP contribution in [0.15, 0.2) is 24.1 Å². The van der Waals surface area contributed by atoms with Gasteiger partial charge in [0.05, 0.1) is 18.1 Å². The van der Waals surface area contributed by atoms with Crippen LogP contribution in [0.1, 0.15) is 0 Å². The molecule has 2 aromatic heterocycles. The summed E-state index contributed by atoms with van der Waals surface area (Å²) in [5.74, 6) is 0.718. The molecule has 15 heavy (non-hydrogen) atoms. The lowest BCUT2D eigenvalue weighted by Crippen LogP contribution is -2.03. The lowest BCUT2D eigenvalue weighted by atomic mass is 10.4. The van der Waals surface area contributed by atoms with Crippen molar-refractivity contribution in [2.24, 2.45) is 7.05 Å². The van der Waals surface area contributed by atoms with Gasteiger partial charge in [-0.25, -0.2) is 9.97 Å². The molecule has 0 unspecified atom stereocenters. The van der Waals surface area contributed by atoms with E-state index in [0.717, 1.165) is 16.9 Å². The van der Waals surface area contributed by atoms with E-state index in [0.29, 0.717) is 11.6 Å².